The molecular formula is C21H20O6. The Balaban J connectivity index is 2.50. The minimum absolute atomic E-state index is 0.0139. The topological polar surface area (TPSA) is 78.9 Å². The van der Waals surface area contributed by atoms with Gasteiger partial charge in [-0.1, -0.05) is 42.0 Å². The molecule has 0 spiro atoms. The van der Waals surface area contributed by atoms with Crippen molar-refractivity contribution in [3.05, 3.63) is 53.1 Å². The van der Waals surface area contributed by atoms with Crippen molar-refractivity contribution in [1.29, 1.82) is 0 Å². The van der Waals surface area contributed by atoms with Gasteiger partial charge in [-0.25, -0.2) is 0 Å². The van der Waals surface area contributed by atoms with Gasteiger partial charge in [-0.2, -0.15) is 0 Å². The summed E-state index contributed by atoms with van der Waals surface area (Å²) in [4.78, 5) is 34.2. The molecule has 140 valence electrons. The second kappa shape index (κ2) is 8.80. The summed E-state index contributed by atoms with van der Waals surface area (Å²) in [5, 5.41) is 0. The van der Waals surface area contributed by atoms with Crippen LogP contribution in [-0.2, 0) is 14.4 Å². The van der Waals surface area contributed by atoms with E-state index in [0.717, 1.165) is 11.1 Å². The summed E-state index contributed by atoms with van der Waals surface area (Å²) in [5.74, 6) is -1.99. The van der Waals surface area contributed by atoms with E-state index in [-0.39, 0.29) is 17.2 Å². The summed E-state index contributed by atoms with van der Waals surface area (Å²) in [6.45, 7) is 5.63. The molecule has 0 heterocycles. The van der Waals surface area contributed by atoms with E-state index in [1.165, 1.54) is 32.9 Å². The van der Waals surface area contributed by atoms with E-state index in [2.05, 4.69) is 0 Å². The van der Waals surface area contributed by atoms with Crippen molar-refractivity contribution in [1.82, 2.24) is 0 Å². The molecular weight excluding hydrogens is 348 g/mol. The van der Waals surface area contributed by atoms with Crippen molar-refractivity contribution in [2.24, 2.45) is 0 Å². The average Bonchev–Trinajstić information content (AvgIpc) is 2.56. The van der Waals surface area contributed by atoms with E-state index in [4.69, 9.17) is 14.2 Å². The molecule has 6 nitrogen and oxygen atoms in total. The Hall–Kier alpha value is -3.41. The van der Waals surface area contributed by atoms with E-state index >= 15 is 0 Å². The van der Waals surface area contributed by atoms with Crippen LogP contribution in [0.5, 0.6) is 17.2 Å². The van der Waals surface area contributed by atoms with E-state index < -0.39 is 17.9 Å². The molecule has 2 aromatic rings. The second-order valence-electron chi connectivity index (χ2n) is 5.87. The molecule has 6 heteroatoms. The molecule has 0 fully saturated rings. The predicted octanol–water partition coefficient (Wildman–Crippen LogP) is 3.94. The van der Waals surface area contributed by atoms with Gasteiger partial charge in [-0.15, -0.1) is 0 Å². The van der Waals surface area contributed by atoms with E-state index in [0.29, 0.717) is 5.56 Å². The summed E-state index contributed by atoms with van der Waals surface area (Å²) in [5.41, 5.74) is 2.71. The quantitative estimate of drug-likeness (QED) is 0.452. The van der Waals surface area contributed by atoms with Crippen LogP contribution in [-0.4, -0.2) is 17.9 Å². The maximum absolute atomic E-state index is 11.4. The van der Waals surface area contributed by atoms with Gasteiger partial charge in [0.1, 0.15) is 0 Å². The fraction of sp³-hybridized carbons (Fsp3) is 0.190. The number of carbonyl (C=O) groups excluding carboxylic acids is 3. The zero-order valence-electron chi connectivity index (χ0n) is 15.6. The van der Waals surface area contributed by atoms with Gasteiger partial charge in [0.2, 0.25) is 5.75 Å². The molecule has 0 aliphatic heterocycles. The Bertz CT molecular complexity index is 856. The van der Waals surface area contributed by atoms with Gasteiger partial charge in [-0.05, 0) is 30.2 Å². The van der Waals surface area contributed by atoms with Crippen LogP contribution in [0.25, 0.3) is 12.2 Å². The molecule has 2 aromatic carbocycles. The first-order chi connectivity index (χ1) is 12.7. The molecule has 0 atom stereocenters. The van der Waals surface area contributed by atoms with Gasteiger partial charge >= 0.3 is 17.9 Å². The SMILES string of the molecule is CC(=O)Oc1cc(/C=C/c2ccc(C)cc2)cc(OC(C)=O)c1OC(C)=O. The van der Waals surface area contributed by atoms with Crippen LogP contribution in [0.3, 0.4) is 0 Å². The molecule has 0 bridgehead atoms. The highest BCUT2D eigenvalue weighted by Gasteiger charge is 2.19. The predicted molar refractivity (Wildman–Crippen MR) is 100 cm³/mol. The minimum Gasteiger partial charge on any atom is -0.423 e. The molecule has 0 saturated carbocycles. The van der Waals surface area contributed by atoms with E-state index in [9.17, 15) is 14.4 Å². The number of rotatable bonds is 5. The van der Waals surface area contributed by atoms with E-state index in [1.807, 2.05) is 37.3 Å². The molecule has 0 unspecified atom stereocenters. The summed E-state index contributed by atoms with van der Waals surface area (Å²) in [6.07, 6.45) is 3.62. The third-order valence-electron chi connectivity index (χ3n) is 3.34. The van der Waals surface area contributed by atoms with Crippen LogP contribution in [0.4, 0.5) is 0 Å². The highest BCUT2D eigenvalue weighted by molar-refractivity contribution is 5.80. The lowest BCUT2D eigenvalue weighted by molar-refractivity contribution is -0.135. The van der Waals surface area contributed by atoms with E-state index in [1.54, 1.807) is 6.08 Å². The lowest BCUT2D eigenvalue weighted by Gasteiger charge is -2.14. The van der Waals surface area contributed by atoms with Crippen molar-refractivity contribution in [3.63, 3.8) is 0 Å². The number of benzene rings is 2. The minimum atomic E-state index is -0.639. The van der Waals surface area contributed by atoms with Crippen molar-refractivity contribution in [2.45, 2.75) is 27.7 Å². The number of hydrogen-bond acceptors (Lipinski definition) is 6. The molecule has 0 N–H and O–H groups in total. The van der Waals surface area contributed by atoms with Gasteiger partial charge in [0.25, 0.3) is 0 Å². The van der Waals surface area contributed by atoms with Gasteiger partial charge in [0.15, 0.2) is 11.5 Å². The molecule has 0 aliphatic rings. The molecule has 0 radical (unpaired) electrons. The second-order valence-corrected chi connectivity index (χ2v) is 5.87. The fourth-order valence-corrected chi connectivity index (χ4v) is 2.27. The zero-order chi connectivity index (χ0) is 20.0. The molecule has 0 aromatic heterocycles. The van der Waals surface area contributed by atoms with Gasteiger partial charge < -0.3 is 14.2 Å². The Kier molecular flexibility index (Phi) is 6.49. The normalized spacial score (nSPS) is 10.5. The number of esters is 3. The third kappa shape index (κ3) is 6.11. The zero-order valence-corrected chi connectivity index (χ0v) is 15.6. The Morgan fingerprint density at radius 3 is 1.59 bits per heavy atom. The number of hydrogen-bond donors (Lipinski definition) is 0. The van der Waals surface area contributed by atoms with Crippen LogP contribution in [0.15, 0.2) is 36.4 Å². The lowest BCUT2D eigenvalue weighted by Crippen LogP contribution is -2.10. The van der Waals surface area contributed by atoms with Gasteiger partial charge in [-0.3, -0.25) is 14.4 Å². The monoisotopic (exact) mass is 368 g/mol. The summed E-state index contributed by atoms with van der Waals surface area (Å²) < 4.78 is 15.4. The van der Waals surface area contributed by atoms with Crippen molar-refractivity contribution in [2.75, 3.05) is 0 Å². The largest absolute Gasteiger partial charge is 0.423 e. The third-order valence-corrected chi connectivity index (χ3v) is 3.34. The Morgan fingerprint density at radius 1 is 0.704 bits per heavy atom. The molecule has 0 aliphatic carbocycles. The molecule has 2 rings (SSSR count). The average molecular weight is 368 g/mol. The number of ether oxygens (including phenoxy) is 3. The lowest BCUT2D eigenvalue weighted by atomic mass is 10.1. The Morgan fingerprint density at radius 2 is 1.15 bits per heavy atom. The van der Waals surface area contributed by atoms with Crippen LogP contribution in [0.2, 0.25) is 0 Å². The highest BCUT2D eigenvalue weighted by atomic mass is 16.6. The van der Waals surface area contributed by atoms with Crippen LogP contribution >= 0.6 is 0 Å². The number of carbonyl (C=O) groups is 3. The first-order valence-corrected chi connectivity index (χ1v) is 8.22. The maximum atomic E-state index is 11.4. The molecule has 0 saturated heterocycles. The maximum Gasteiger partial charge on any atom is 0.308 e. The van der Waals surface area contributed by atoms with Crippen LogP contribution in [0.1, 0.15) is 37.5 Å². The number of aryl methyl sites for hydroxylation is 1. The molecule has 27 heavy (non-hydrogen) atoms. The summed E-state index contributed by atoms with van der Waals surface area (Å²) in [7, 11) is 0. The van der Waals surface area contributed by atoms with Crippen molar-refractivity contribution in [3.8, 4) is 17.2 Å². The highest BCUT2D eigenvalue weighted by Crippen LogP contribution is 2.40. The van der Waals surface area contributed by atoms with Crippen LogP contribution in [0, 0.1) is 6.92 Å². The van der Waals surface area contributed by atoms with Crippen molar-refractivity contribution >= 4 is 30.1 Å². The summed E-state index contributed by atoms with van der Waals surface area (Å²) in [6, 6.07) is 10.9. The Labute approximate surface area is 157 Å². The van der Waals surface area contributed by atoms with Gasteiger partial charge in [0, 0.05) is 20.8 Å². The standard InChI is InChI=1S/C21H20O6/c1-13-5-7-17(8-6-13)9-10-18-11-19(25-14(2)22)21(27-16(4)24)20(12-18)26-15(3)23/h5-12H,1-4H3/b10-9+. The fourth-order valence-electron chi connectivity index (χ4n) is 2.27. The van der Waals surface area contributed by atoms with Gasteiger partial charge in [0.05, 0.1) is 0 Å². The summed E-state index contributed by atoms with van der Waals surface area (Å²) >= 11 is 0. The van der Waals surface area contributed by atoms with Crippen LogP contribution < -0.4 is 14.2 Å². The van der Waals surface area contributed by atoms with Crippen molar-refractivity contribution < 1.29 is 28.6 Å². The first kappa shape index (κ1) is 19.9. The first-order valence-electron chi connectivity index (χ1n) is 8.22. The molecule has 0 amide bonds. The smallest absolute Gasteiger partial charge is 0.308 e.